The number of terminal acetylenes is 1. The van der Waals surface area contributed by atoms with Crippen LogP contribution in [0.2, 0.25) is 0 Å². The van der Waals surface area contributed by atoms with Gasteiger partial charge in [0.2, 0.25) is 5.91 Å². The van der Waals surface area contributed by atoms with Crippen molar-refractivity contribution in [3.05, 3.63) is 12.2 Å². The van der Waals surface area contributed by atoms with E-state index >= 15 is 0 Å². The summed E-state index contributed by atoms with van der Waals surface area (Å²) in [5, 5.41) is 27.5. The third-order valence-electron chi connectivity index (χ3n) is 12.3. The summed E-state index contributed by atoms with van der Waals surface area (Å²) in [4.78, 5) is 24.6. The summed E-state index contributed by atoms with van der Waals surface area (Å²) in [7, 11) is 0. The van der Waals surface area contributed by atoms with Crippen LogP contribution in [0.1, 0.15) is 105 Å². The maximum absolute atomic E-state index is 12.6. The van der Waals surface area contributed by atoms with Crippen LogP contribution in [0.4, 0.5) is 4.79 Å². The Morgan fingerprint density at radius 2 is 1.84 bits per heavy atom. The molecule has 0 bridgehead atoms. The van der Waals surface area contributed by atoms with Gasteiger partial charge in [-0.15, -0.1) is 12.3 Å². The molecular formula is C36H58N2O6. The van der Waals surface area contributed by atoms with E-state index in [0.717, 1.165) is 51.4 Å². The third-order valence-corrected chi connectivity index (χ3v) is 12.3. The van der Waals surface area contributed by atoms with E-state index in [1.807, 2.05) is 13.0 Å². The van der Waals surface area contributed by atoms with Gasteiger partial charge < -0.3 is 30.3 Å². The Labute approximate surface area is 265 Å². The number of fused-ring (bicyclic) bond motifs is 5. The Hall–Kier alpha value is -2.08. The van der Waals surface area contributed by atoms with Crippen LogP contribution in [0, 0.1) is 58.7 Å². The number of carbonyl (C=O) groups is 2. The first kappa shape index (κ1) is 34.8. The summed E-state index contributed by atoms with van der Waals surface area (Å²) in [5.41, 5.74) is 0.182. The second-order valence-corrected chi connectivity index (χ2v) is 14.7. The lowest BCUT2D eigenvalue weighted by Crippen LogP contribution is -2.58. The molecule has 0 aromatic rings. The van der Waals surface area contributed by atoms with Crippen LogP contribution in [-0.4, -0.2) is 60.4 Å². The number of ether oxygens (including phenoxy) is 2. The van der Waals surface area contributed by atoms with Crippen molar-refractivity contribution in [3.63, 3.8) is 0 Å². The number of hydrogen-bond donors (Lipinski definition) is 4. The molecule has 4 saturated carbocycles. The maximum atomic E-state index is 12.6. The summed E-state index contributed by atoms with van der Waals surface area (Å²) < 4.78 is 10.4. The molecule has 4 rings (SSSR count). The average molecular weight is 615 g/mol. The van der Waals surface area contributed by atoms with Crippen LogP contribution in [-0.2, 0) is 14.3 Å². The number of amides is 2. The summed E-state index contributed by atoms with van der Waals surface area (Å²) in [6.07, 6.45) is 18.4. The van der Waals surface area contributed by atoms with E-state index in [2.05, 4.69) is 37.3 Å². The standard InChI is InChI=1S/C36H58N2O6/c1-6-10-32(38-34(42)44-21-20-43-19-7-2)37-33(41)12-9-8-11-24(3)28-15-16-29-27-14-13-25-22-26(39)17-18-35(25,4)30(27)23-31(40)36(28,29)5/h1,9,12,24-32,39-40H,7-8,10-11,13-23H2,2-5H3,(H,37,41)(H,38,42)/t24-,25-,26-,27+,28-,29+,30+,31?,32?,35+,36-/m1/s1. The van der Waals surface area contributed by atoms with Crippen molar-refractivity contribution in [2.75, 3.05) is 19.8 Å². The minimum Gasteiger partial charge on any atom is -0.447 e. The van der Waals surface area contributed by atoms with Gasteiger partial charge >= 0.3 is 6.09 Å². The minimum absolute atomic E-state index is 0.0656. The molecule has 0 radical (unpaired) electrons. The predicted octanol–water partition coefficient (Wildman–Crippen LogP) is 5.57. The van der Waals surface area contributed by atoms with Gasteiger partial charge in [-0.3, -0.25) is 4.79 Å². The molecule has 0 heterocycles. The normalized spacial score (nSPS) is 37.6. The van der Waals surface area contributed by atoms with Gasteiger partial charge in [0.05, 0.1) is 18.8 Å². The number of allylic oxidation sites excluding steroid dienone is 1. The topological polar surface area (TPSA) is 117 Å². The maximum Gasteiger partial charge on any atom is 0.408 e. The molecule has 11 atom stereocenters. The fraction of sp³-hybridized carbons (Fsp3) is 0.833. The number of aliphatic hydroxyl groups excluding tert-OH is 2. The van der Waals surface area contributed by atoms with Crippen LogP contribution in [0.3, 0.4) is 0 Å². The van der Waals surface area contributed by atoms with E-state index in [-0.39, 0.29) is 42.0 Å². The number of hydrogen-bond acceptors (Lipinski definition) is 6. The second kappa shape index (κ2) is 15.5. The highest BCUT2D eigenvalue weighted by Crippen LogP contribution is 2.68. The molecule has 0 aromatic carbocycles. The minimum atomic E-state index is -0.719. The number of carbonyl (C=O) groups excluding carboxylic acids is 2. The highest BCUT2D eigenvalue weighted by molar-refractivity contribution is 5.88. The number of rotatable bonds is 13. The molecule has 4 fully saturated rings. The van der Waals surface area contributed by atoms with Crippen LogP contribution in [0.15, 0.2) is 12.2 Å². The Kier molecular flexibility index (Phi) is 12.2. The lowest BCUT2D eigenvalue weighted by Gasteiger charge is -2.62. The zero-order valence-corrected chi connectivity index (χ0v) is 27.6. The van der Waals surface area contributed by atoms with E-state index in [0.29, 0.717) is 48.7 Å². The van der Waals surface area contributed by atoms with Crippen LogP contribution < -0.4 is 10.6 Å². The summed E-state index contributed by atoms with van der Waals surface area (Å²) in [6.45, 7) is 10.2. The van der Waals surface area contributed by atoms with Crippen molar-refractivity contribution in [3.8, 4) is 12.3 Å². The smallest absolute Gasteiger partial charge is 0.408 e. The fourth-order valence-corrected chi connectivity index (χ4v) is 10.0. The van der Waals surface area contributed by atoms with Crippen molar-refractivity contribution in [2.24, 2.45) is 46.3 Å². The Morgan fingerprint density at radius 1 is 1.05 bits per heavy atom. The molecule has 0 spiro atoms. The van der Waals surface area contributed by atoms with Crippen molar-refractivity contribution in [2.45, 2.75) is 123 Å². The van der Waals surface area contributed by atoms with Gasteiger partial charge in [-0.1, -0.05) is 33.8 Å². The lowest BCUT2D eigenvalue weighted by atomic mass is 9.43. The largest absolute Gasteiger partial charge is 0.447 e. The molecule has 248 valence electrons. The zero-order valence-electron chi connectivity index (χ0n) is 27.6. The number of alkyl carbamates (subject to hydrolysis) is 1. The zero-order chi connectivity index (χ0) is 31.9. The van der Waals surface area contributed by atoms with Crippen LogP contribution in [0.25, 0.3) is 0 Å². The molecule has 4 aliphatic carbocycles. The van der Waals surface area contributed by atoms with E-state index in [9.17, 15) is 19.8 Å². The van der Waals surface area contributed by atoms with Crippen molar-refractivity contribution in [1.29, 1.82) is 0 Å². The van der Waals surface area contributed by atoms with Crippen molar-refractivity contribution >= 4 is 12.0 Å². The molecule has 2 amide bonds. The Morgan fingerprint density at radius 3 is 2.59 bits per heavy atom. The van der Waals surface area contributed by atoms with Gasteiger partial charge in [0, 0.05) is 13.0 Å². The molecule has 0 aliphatic heterocycles. The number of aliphatic hydroxyl groups is 2. The number of nitrogens with one attached hydrogen (secondary N) is 2. The van der Waals surface area contributed by atoms with Gasteiger partial charge in [0.25, 0.3) is 0 Å². The van der Waals surface area contributed by atoms with E-state index in [4.69, 9.17) is 15.9 Å². The molecule has 0 aromatic heterocycles. The fourth-order valence-electron chi connectivity index (χ4n) is 10.0. The van der Waals surface area contributed by atoms with Crippen LogP contribution in [0.5, 0.6) is 0 Å². The Bertz CT molecular complexity index is 1040. The van der Waals surface area contributed by atoms with Gasteiger partial charge in [0.15, 0.2) is 0 Å². The lowest BCUT2D eigenvalue weighted by molar-refractivity contribution is -0.174. The van der Waals surface area contributed by atoms with E-state index in [1.54, 1.807) is 0 Å². The first-order chi connectivity index (χ1) is 21.0. The molecular weight excluding hydrogens is 556 g/mol. The van der Waals surface area contributed by atoms with Gasteiger partial charge in [-0.05, 0) is 123 Å². The molecule has 4 N–H and O–H groups in total. The monoisotopic (exact) mass is 614 g/mol. The molecule has 8 heteroatoms. The molecule has 0 saturated heterocycles. The first-order valence-electron chi connectivity index (χ1n) is 17.3. The summed E-state index contributed by atoms with van der Waals surface area (Å²) in [5.74, 6) is 5.45. The average Bonchev–Trinajstić information content (AvgIpc) is 3.35. The quantitative estimate of drug-likeness (QED) is 0.0933. The van der Waals surface area contributed by atoms with Gasteiger partial charge in [0.1, 0.15) is 12.8 Å². The molecule has 2 unspecified atom stereocenters. The highest BCUT2D eigenvalue weighted by Gasteiger charge is 2.63. The predicted molar refractivity (Wildman–Crippen MR) is 171 cm³/mol. The second-order valence-electron chi connectivity index (χ2n) is 14.7. The van der Waals surface area contributed by atoms with Crippen LogP contribution >= 0.6 is 0 Å². The molecule has 44 heavy (non-hydrogen) atoms. The SMILES string of the molecule is C#CCC(NC(=O)C=CCC[C@@H](C)[C@H]1CC[C@H]2[C@@H]3CC[C@@H]4C[C@H](O)CC[C@]4(C)[C@H]3CC(O)[C@]12C)NC(=O)OCCOCCC. The summed E-state index contributed by atoms with van der Waals surface area (Å²) in [6, 6.07) is 0. The van der Waals surface area contributed by atoms with Crippen molar-refractivity contribution < 1.29 is 29.3 Å². The Balaban J connectivity index is 1.26. The highest BCUT2D eigenvalue weighted by atomic mass is 16.6. The molecule has 4 aliphatic rings. The van der Waals surface area contributed by atoms with Gasteiger partial charge in [-0.2, -0.15) is 0 Å². The summed E-state index contributed by atoms with van der Waals surface area (Å²) >= 11 is 0. The van der Waals surface area contributed by atoms with Gasteiger partial charge in [-0.25, -0.2) is 4.79 Å². The van der Waals surface area contributed by atoms with E-state index in [1.165, 1.54) is 25.3 Å². The molecule has 8 nitrogen and oxygen atoms in total. The first-order valence-corrected chi connectivity index (χ1v) is 17.3. The third kappa shape index (κ3) is 7.65. The van der Waals surface area contributed by atoms with Crippen molar-refractivity contribution in [1.82, 2.24) is 10.6 Å². The van der Waals surface area contributed by atoms with E-state index < -0.39 is 12.3 Å².